The third kappa shape index (κ3) is 7.43. The molecule has 294 valence electrons. The molecule has 2 aromatic carbocycles. The topological polar surface area (TPSA) is 110 Å². The van der Waals surface area contributed by atoms with Crippen molar-refractivity contribution in [3.05, 3.63) is 99.9 Å². The minimum Gasteiger partial charge on any atom is -0.490 e. The van der Waals surface area contributed by atoms with Gasteiger partial charge in [0.1, 0.15) is 11.4 Å². The summed E-state index contributed by atoms with van der Waals surface area (Å²) in [7, 11) is -2.20. The van der Waals surface area contributed by atoms with Crippen LogP contribution in [-0.4, -0.2) is 82.6 Å². The number of ether oxygens (including phenoxy) is 3. The average Bonchev–Trinajstić information content (AvgIpc) is 3.32. The maximum absolute atomic E-state index is 13.7. The van der Waals surface area contributed by atoms with Crippen molar-refractivity contribution in [2.75, 3.05) is 58.0 Å². The number of nitrogens with zero attached hydrogens (tertiary/aromatic N) is 3. The summed E-state index contributed by atoms with van der Waals surface area (Å²) in [5.74, 6) is 0.143. The fourth-order valence-corrected chi connectivity index (χ4v) is 11.2. The zero-order chi connectivity index (χ0) is 38.4. The predicted octanol–water partition coefficient (Wildman–Crippen LogP) is 6.65. The van der Waals surface area contributed by atoms with Crippen LogP contribution < -0.4 is 14.4 Å². The lowest BCUT2D eigenvalue weighted by atomic mass is 9.62. The molecule has 1 amide bonds. The highest BCUT2D eigenvalue weighted by Crippen LogP contribution is 2.52. The molecular formula is C43H53ClN4O6S. The molecule has 4 heterocycles. The standard InChI is InChI=1S/C43H53ClN4O6S/c1-29-6-4-15-43(52-3,35-20-31(23-45-24-35)25-47-16-18-53-19-17-47)38-11-8-34(38)26-48-27-42(14-5-7-32-21-36(44)10-12-37(32)42)28-54-40-13-9-33(22-39(40)48)41(49)46-55(50,51)30(29)2/h4,9-10,12-13,15,20-24,29-30,34,38H,5-8,11,14,16-19,25-28H2,1-3H3,(H,46,49)/b15-4+/t29-,30+,34-,38+,42-,43-/m0/s1. The van der Waals surface area contributed by atoms with Crippen LogP contribution in [0.1, 0.15) is 78.6 Å². The largest absolute Gasteiger partial charge is 0.490 e. The molecule has 1 aromatic heterocycles. The number of morpholine rings is 1. The summed E-state index contributed by atoms with van der Waals surface area (Å²) < 4.78 is 48.8. The van der Waals surface area contributed by atoms with Gasteiger partial charge in [-0.1, -0.05) is 36.7 Å². The number of hydrogen-bond donors (Lipinski definition) is 1. The number of amides is 1. The van der Waals surface area contributed by atoms with Crippen molar-refractivity contribution >= 4 is 33.2 Å². The Morgan fingerprint density at radius 2 is 1.91 bits per heavy atom. The number of aryl methyl sites for hydroxylation is 1. The van der Waals surface area contributed by atoms with Crippen molar-refractivity contribution < 1.29 is 27.4 Å². The van der Waals surface area contributed by atoms with E-state index in [0.717, 1.165) is 86.8 Å². The number of fused-ring (bicyclic) bond motifs is 4. The summed E-state index contributed by atoms with van der Waals surface area (Å²) >= 11 is 6.51. The van der Waals surface area contributed by atoms with Crippen LogP contribution in [0.4, 0.5) is 5.69 Å². The quantitative estimate of drug-likeness (QED) is 0.291. The van der Waals surface area contributed by atoms with Crippen LogP contribution in [0.25, 0.3) is 0 Å². The van der Waals surface area contributed by atoms with Gasteiger partial charge in [0.15, 0.2) is 0 Å². The molecule has 10 nitrogen and oxygen atoms in total. The van der Waals surface area contributed by atoms with Gasteiger partial charge >= 0.3 is 0 Å². The first-order chi connectivity index (χ1) is 26.5. The van der Waals surface area contributed by atoms with Crippen molar-refractivity contribution in [1.82, 2.24) is 14.6 Å². The van der Waals surface area contributed by atoms with Gasteiger partial charge in [-0.15, -0.1) is 0 Å². The number of carbonyl (C=O) groups excluding carboxylic acids is 1. The van der Waals surface area contributed by atoms with Crippen molar-refractivity contribution in [1.29, 1.82) is 0 Å². The number of sulfonamides is 1. The molecule has 2 aliphatic carbocycles. The van der Waals surface area contributed by atoms with Crippen LogP contribution in [0.3, 0.4) is 0 Å². The number of rotatable bonds is 4. The van der Waals surface area contributed by atoms with E-state index in [1.807, 2.05) is 37.5 Å². The van der Waals surface area contributed by atoms with E-state index in [1.165, 1.54) is 11.1 Å². The van der Waals surface area contributed by atoms with Crippen LogP contribution in [0, 0.1) is 17.8 Å². The van der Waals surface area contributed by atoms with Crippen LogP contribution in [-0.2, 0) is 43.5 Å². The van der Waals surface area contributed by atoms with E-state index in [9.17, 15) is 13.2 Å². The molecule has 1 spiro atoms. The van der Waals surface area contributed by atoms with E-state index >= 15 is 0 Å². The molecule has 8 rings (SSSR count). The lowest BCUT2D eigenvalue weighted by Crippen LogP contribution is -2.52. The minimum atomic E-state index is -4.00. The lowest BCUT2D eigenvalue weighted by Gasteiger charge is -2.50. The van der Waals surface area contributed by atoms with Gasteiger partial charge in [0.25, 0.3) is 5.91 Å². The Hall–Kier alpha value is -3.48. The Balaban J connectivity index is 1.22. The normalized spacial score (nSPS) is 31.6. The van der Waals surface area contributed by atoms with E-state index in [1.54, 1.807) is 20.1 Å². The Morgan fingerprint density at radius 3 is 2.69 bits per heavy atom. The summed E-state index contributed by atoms with van der Waals surface area (Å²) in [5, 5.41) is -0.0842. The molecule has 55 heavy (non-hydrogen) atoms. The van der Waals surface area contributed by atoms with Gasteiger partial charge in [0, 0.05) is 79.7 Å². The van der Waals surface area contributed by atoms with E-state index in [4.69, 9.17) is 30.8 Å². The highest BCUT2D eigenvalue weighted by atomic mass is 35.5. The second-order valence-electron chi connectivity index (χ2n) is 16.5. The van der Waals surface area contributed by atoms with Crippen molar-refractivity contribution in [2.45, 2.75) is 75.2 Å². The Labute approximate surface area is 330 Å². The second-order valence-corrected chi connectivity index (χ2v) is 19.0. The number of methoxy groups -OCH3 is 1. The van der Waals surface area contributed by atoms with Gasteiger partial charge in [-0.05, 0) is 110 Å². The number of halogens is 1. The third-order valence-corrected chi connectivity index (χ3v) is 15.4. The van der Waals surface area contributed by atoms with Gasteiger partial charge in [-0.25, -0.2) is 13.1 Å². The van der Waals surface area contributed by atoms with Crippen molar-refractivity contribution in [3.63, 3.8) is 0 Å². The van der Waals surface area contributed by atoms with Crippen LogP contribution in [0.15, 0.2) is 67.0 Å². The fraction of sp³-hybridized carbons (Fsp3) is 0.535. The summed E-state index contributed by atoms with van der Waals surface area (Å²) in [6.07, 6.45) is 13.5. The van der Waals surface area contributed by atoms with Gasteiger partial charge in [-0.2, -0.15) is 0 Å². The van der Waals surface area contributed by atoms with Gasteiger partial charge in [0.05, 0.1) is 30.8 Å². The van der Waals surface area contributed by atoms with Gasteiger partial charge in [-0.3, -0.25) is 14.7 Å². The molecule has 3 aliphatic heterocycles. The fourth-order valence-electron chi connectivity index (χ4n) is 9.70. The number of hydrogen-bond acceptors (Lipinski definition) is 9. The first-order valence-corrected chi connectivity index (χ1v) is 21.8. The monoisotopic (exact) mass is 788 g/mol. The van der Waals surface area contributed by atoms with Crippen LogP contribution in [0.2, 0.25) is 5.02 Å². The SMILES string of the molecule is CO[C@]1(c2cncc(CN3CCOCC3)c2)/C=C/C[C@H](C)[C@@H](C)S(=O)(=O)NC(=O)c2ccc3c(c2)N(C[C@@H]2CC[C@H]21)C[C@@]1(CCCc2cc(Cl)ccc21)CO3. The van der Waals surface area contributed by atoms with Crippen LogP contribution in [0.5, 0.6) is 5.75 Å². The smallest absolute Gasteiger partial charge is 0.264 e. The number of aromatic nitrogens is 1. The van der Waals surface area contributed by atoms with Gasteiger partial charge < -0.3 is 19.1 Å². The first-order valence-electron chi connectivity index (χ1n) is 19.8. The van der Waals surface area contributed by atoms with Crippen LogP contribution >= 0.6 is 11.6 Å². The Kier molecular flexibility index (Phi) is 10.8. The zero-order valence-corrected chi connectivity index (χ0v) is 33.7. The minimum absolute atomic E-state index is 0.117. The summed E-state index contributed by atoms with van der Waals surface area (Å²) in [6, 6.07) is 13.8. The van der Waals surface area contributed by atoms with Crippen molar-refractivity contribution in [3.8, 4) is 5.75 Å². The number of benzene rings is 2. The predicted molar refractivity (Wildman–Crippen MR) is 214 cm³/mol. The molecule has 5 aliphatic rings. The number of anilines is 1. The van der Waals surface area contributed by atoms with Crippen molar-refractivity contribution in [2.24, 2.45) is 17.8 Å². The highest BCUT2D eigenvalue weighted by Gasteiger charge is 2.50. The second kappa shape index (κ2) is 15.5. The molecule has 0 radical (unpaired) electrons. The maximum atomic E-state index is 13.7. The Morgan fingerprint density at radius 1 is 1.07 bits per heavy atom. The molecule has 12 heteroatoms. The van der Waals surface area contributed by atoms with E-state index in [0.29, 0.717) is 31.9 Å². The molecule has 1 N–H and O–H groups in total. The lowest BCUT2D eigenvalue weighted by molar-refractivity contribution is -0.0807. The number of pyridine rings is 1. The Bertz CT molecular complexity index is 2060. The number of carbonyl (C=O) groups is 1. The number of allylic oxidation sites excluding steroid dienone is 1. The summed E-state index contributed by atoms with van der Waals surface area (Å²) in [5.41, 5.74) is 4.64. The van der Waals surface area contributed by atoms with E-state index in [2.05, 4.69) is 44.9 Å². The van der Waals surface area contributed by atoms with E-state index < -0.39 is 26.8 Å². The highest BCUT2D eigenvalue weighted by molar-refractivity contribution is 7.90. The molecule has 2 fully saturated rings. The molecule has 0 unspecified atom stereocenters. The number of nitrogens with one attached hydrogen (secondary N) is 1. The molecule has 1 saturated heterocycles. The third-order valence-electron chi connectivity index (χ3n) is 13.2. The molecule has 1 saturated carbocycles. The molecule has 2 bridgehead atoms. The maximum Gasteiger partial charge on any atom is 0.264 e. The molecule has 6 atom stereocenters. The zero-order valence-electron chi connectivity index (χ0n) is 32.1. The summed E-state index contributed by atoms with van der Waals surface area (Å²) in [6.45, 7) is 9.46. The average molecular weight is 789 g/mol. The van der Waals surface area contributed by atoms with Gasteiger partial charge in [0.2, 0.25) is 10.0 Å². The van der Waals surface area contributed by atoms with E-state index in [-0.39, 0.29) is 28.7 Å². The first kappa shape index (κ1) is 38.4. The molecule has 3 aromatic rings. The molecular weight excluding hydrogens is 736 g/mol. The summed E-state index contributed by atoms with van der Waals surface area (Å²) in [4.78, 5) is 23.3.